The van der Waals surface area contributed by atoms with E-state index in [9.17, 15) is 13.2 Å². The number of fused-ring (bicyclic) bond motifs is 1. The van der Waals surface area contributed by atoms with Gasteiger partial charge in [-0.3, -0.25) is 4.79 Å². The van der Waals surface area contributed by atoms with Crippen molar-refractivity contribution in [1.29, 1.82) is 0 Å². The number of hydrogen-bond acceptors (Lipinski definition) is 3. The summed E-state index contributed by atoms with van der Waals surface area (Å²) in [5, 5.41) is 0.781. The maximum atomic E-state index is 13.0. The van der Waals surface area contributed by atoms with Crippen LogP contribution in [-0.2, 0) is 17.1 Å². The molecule has 2 heterocycles. The van der Waals surface area contributed by atoms with Crippen LogP contribution in [0.25, 0.3) is 10.9 Å². The van der Waals surface area contributed by atoms with E-state index in [2.05, 4.69) is 0 Å². The van der Waals surface area contributed by atoms with E-state index < -0.39 is 10.0 Å². The van der Waals surface area contributed by atoms with Gasteiger partial charge in [-0.25, -0.2) is 8.42 Å². The van der Waals surface area contributed by atoms with Crippen molar-refractivity contribution in [3.05, 3.63) is 30.0 Å². The molecule has 1 aliphatic rings. The predicted octanol–water partition coefficient (Wildman–Crippen LogP) is 3.23. The van der Waals surface area contributed by atoms with E-state index in [0.29, 0.717) is 18.8 Å². The van der Waals surface area contributed by atoms with Crippen LogP contribution in [0.3, 0.4) is 0 Å². The SMILES string of the molecule is CCN(CC)S(=O)(=O)c1ccc2c(c1)cc(C(=O)N1CCCCCC1)n2C. The lowest BCUT2D eigenvalue weighted by atomic mass is 10.2. The summed E-state index contributed by atoms with van der Waals surface area (Å²) in [7, 11) is -1.65. The first-order valence-corrected chi connectivity index (χ1v) is 11.2. The van der Waals surface area contributed by atoms with E-state index in [-0.39, 0.29) is 10.8 Å². The largest absolute Gasteiger partial charge is 0.340 e. The molecule has 0 bridgehead atoms. The summed E-state index contributed by atoms with van der Waals surface area (Å²) in [5.74, 6) is 0.0313. The third kappa shape index (κ3) is 3.75. The van der Waals surface area contributed by atoms with Crippen molar-refractivity contribution in [2.24, 2.45) is 7.05 Å². The number of aryl methyl sites for hydroxylation is 1. The predicted molar refractivity (Wildman–Crippen MR) is 107 cm³/mol. The van der Waals surface area contributed by atoms with Gasteiger partial charge < -0.3 is 9.47 Å². The number of hydrogen-bond donors (Lipinski definition) is 0. The Morgan fingerprint density at radius 1 is 1.04 bits per heavy atom. The smallest absolute Gasteiger partial charge is 0.270 e. The van der Waals surface area contributed by atoms with Crippen LogP contribution in [0.4, 0.5) is 0 Å². The molecular formula is C20H29N3O3S. The molecule has 1 fully saturated rings. The van der Waals surface area contributed by atoms with Crippen LogP contribution in [0.5, 0.6) is 0 Å². The Morgan fingerprint density at radius 2 is 1.67 bits per heavy atom. The molecule has 0 atom stereocenters. The van der Waals surface area contributed by atoms with Gasteiger partial charge in [0.1, 0.15) is 5.69 Å². The first-order valence-electron chi connectivity index (χ1n) is 9.79. The van der Waals surface area contributed by atoms with Crippen LogP contribution >= 0.6 is 0 Å². The van der Waals surface area contributed by atoms with Gasteiger partial charge in [-0.2, -0.15) is 4.31 Å². The van der Waals surface area contributed by atoms with Crippen LogP contribution in [0.15, 0.2) is 29.2 Å². The summed E-state index contributed by atoms with van der Waals surface area (Å²) in [6.45, 7) is 6.12. The maximum absolute atomic E-state index is 13.0. The summed E-state index contributed by atoms with van der Waals surface area (Å²) >= 11 is 0. The van der Waals surface area contributed by atoms with Gasteiger partial charge in [-0.05, 0) is 37.1 Å². The van der Waals surface area contributed by atoms with Gasteiger partial charge in [0.15, 0.2) is 0 Å². The fourth-order valence-electron chi connectivity index (χ4n) is 3.84. The molecule has 1 aromatic carbocycles. The van der Waals surface area contributed by atoms with E-state index >= 15 is 0 Å². The summed E-state index contributed by atoms with van der Waals surface area (Å²) in [6.07, 6.45) is 4.43. The second kappa shape index (κ2) is 8.02. The van der Waals surface area contributed by atoms with E-state index in [0.717, 1.165) is 36.8 Å². The van der Waals surface area contributed by atoms with Crippen LogP contribution < -0.4 is 0 Å². The minimum Gasteiger partial charge on any atom is -0.340 e. The third-order valence-corrected chi connectivity index (χ3v) is 7.52. The molecule has 0 aliphatic carbocycles. The Kier molecular flexibility index (Phi) is 5.91. The molecule has 3 rings (SSSR count). The molecule has 27 heavy (non-hydrogen) atoms. The van der Waals surface area contributed by atoms with Gasteiger partial charge in [-0.1, -0.05) is 26.7 Å². The van der Waals surface area contributed by atoms with E-state index in [1.54, 1.807) is 18.2 Å². The summed E-state index contributed by atoms with van der Waals surface area (Å²) in [5.41, 5.74) is 1.48. The first kappa shape index (κ1) is 19.9. The molecule has 0 N–H and O–H groups in total. The van der Waals surface area contributed by atoms with Crippen molar-refractivity contribution in [3.63, 3.8) is 0 Å². The van der Waals surface area contributed by atoms with Gasteiger partial charge in [0.05, 0.1) is 4.90 Å². The zero-order valence-electron chi connectivity index (χ0n) is 16.4. The Morgan fingerprint density at radius 3 is 2.26 bits per heavy atom. The second-order valence-corrected chi connectivity index (χ2v) is 9.04. The summed E-state index contributed by atoms with van der Waals surface area (Å²) < 4.78 is 28.9. The quantitative estimate of drug-likeness (QED) is 0.786. The van der Waals surface area contributed by atoms with Crippen molar-refractivity contribution in [3.8, 4) is 0 Å². The molecule has 2 aromatic rings. The average Bonchev–Trinajstić information content (AvgIpc) is 2.83. The fourth-order valence-corrected chi connectivity index (χ4v) is 5.34. The van der Waals surface area contributed by atoms with Crippen molar-refractivity contribution in [1.82, 2.24) is 13.8 Å². The van der Waals surface area contributed by atoms with Crippen molar-refractivity contribution in [2.45, 2.75) is 44.4 Å². The Hall–Kier alpha value is -1.86. The normalized spacial score (nSPS) is 16.1. The zero-order valence-corrected chi connectivity index (χ0v) is 17.3. The highest BCUT2D eigenvalue weighted by Crippen LogP contribution is 2.25. The third-order valence-electron chi connectivity index (χ3n) is 5.47. The minimum atomic E-state index is -3.51. The number of benzene rings is 1. The monoisotopic (exact) mass is 391 g/mol. The van der Waals surface area contributed by atoms with Gasteiger partial charge in [0.25, 0.3) is 5.91 Å². The van der Waals surface area contributed by atoms with Gasteiger partial charge in [-0.15, -0.1) is 0 Å². The first-order chi connectivity index (χ1) is 12.9. The van der Waals surface area contributed by atoms with Gasteiger partial charge >= 0.3 is 0 Å². The molecule has 0 radical (unpaired) electrons. The molecule has 1 aliphatic heterocycles. The molecule has 0 spiro atoms. The number of rotatable bonds is 5. The lowest BCUT2D eigenvalue weighted by Crippen LogP contribution is -2.33. The summed E-state index contributed by atoms with van der Waals surface area (Å²) in [6, 6.07) is 6.94. The molecule has 1 saturated heterocycles. The number of carbonyl (C=O) groups is 1. The number of carbonyl (C=O) groups excluding carboxylic acids is 1. The minimum absolute atomic E-state index is 0.0313. The molecule has 1 amide bonds. The molecule has 0 unspecified atom stereocenters. The lowest BCUT2D eigenvalue weighted by molar-refractivity contribution is 0.0752. The van der Waals surface area contributed by atoms with Crippen molar-refractivity contribution < 1.29 is 13.2 Å². The molecule has 6 nitrogen and oxygen atoms in total. The Bertz CT molecular complexity index is 921. The second-order valence-electron chi connectivity index (χ2n) is 7.10. The van der Waals surface area contributed by atoms with Crippen LogP contribution in [0, 0.1) is 0 Å². The number of likely N-dealkylation sites (tertiary alicyclic amines) is 1. The lowest BCUT2D eigenvalue weighted by Gasteiger charge is -2.20. The molecule has 148 valence electrons. The standard InChI is InChI=1S/C20H29N3O3S/c1-4-23(5-2)27(25,26)17-10-11-18-16(14-17)15-19(21(18)3)20(24)22-12-8-6-7-9-13-22/h10-11,14-15H,4-9,12-13H2,1-3H3. The van der Waals surface area contributed by atoms with Crippen LogP contribution in [0.1, 0.15) is 50.0 Å². The molecule has 0 saturated carbocycles. The van der Waals surface area contributed by atoms with E-state index in [1.165, 1.54) is 17.1 Å². The van der Waals surface area contributed by atoms with Gasteiger partial charge in [0.2, 0.25) is 10.0 Å². The van der Waals surface area contributed by atoms with Crippen LogP contribution in [-0.4, -0.2) is 54.3 Å². The zero-order chi connectivity index (χ0) is 19.6. The van der Waals surface area contributed by atoms with Crippen molar-refractivity contribution >= 4 is 26.8 Å². The number of nitrogens with zero attached hydrogens (tertiary/aromatic N) is 3. The summed E-state index contributed by atoms with van der Waals surface area (Å²) in [4.78, 5) is 15.2. The fraction of sp³-hybridized carbons (Fsp3) is 0.550. The topological polar surface area (TPSA) is 62.6 Å². The Labute approximate surface area is 161 Å². The van der Waals surface area contributed by atoms with Gasteiger partial charge in [0, 0.05) is 44.1 Å². The number of sulfonamides is 1. The van der Waals surface area contributed by atoms with Crippen LogP contribution in [0.2, 0.25) is 0 Å². The number of amides is 1. The highest BCUT2D eigenvalue weighted by atomic mass is 32.2. The maximum Gasteiger partial charge on any atom is 0.270 e. The number of aromatic nitrogens is 1. The highest BCUT2D eigenvalue weighted by molar-refractivity contribution is 7.89. The Balaban J connectivity index is 1.98. The highest BCUT2D eigenvalue weighted by Gasteiger charge is 2.24. The van der Waals surface area contributed by atoms with E-state index in [4.69, 9.17) is 0 Å². The average molecular weight is 392 g/mol. The molecule has 1 aromatic heterocycles. The van der Waals surface area contributed by atoms with Crippen molar-refractivity contribution in [2.75, 3.05) is 26.2 Å². The van der Waals surface area contributed by atoms with E-state index in [1.807, 2.05) is 36.4 Å². The molecule has 7 heteroatoms. The molecular weight excluding hydrogens is 362 g/mol.